The molecule has 0 unspecified atom stereocenters. The predicted molar refractivity (Wildman–Crippen MR) is 63.7 cm³/mol. The molecule has 0 saturated carbocycles. The van der Waals surface area contributed by atoms with Gasteiger partial charge in [-0.2, -0.15) is 0 Å². The first-order chi connectivity index (χ1) is 7.22. The van der Waals surface area contributed by atoms with Crippen LogP contribution in [-0.4, -0.2) is 18.2 Å². The van der Waals surface area contributed by atoms with E-state index < -0.39 is 0 Å². The fourth-order valence-corrected chi connectivity index (χ4v) is 1.90. The monoisotopic (exact) mass is 225 g/mol. The van der Waals surface area contributed by atoms with Gasteiger partial charge in [-0.05, 0) is 18.2 Å². The van der Waals surface area contributed by atoms with Gasteiger partial charge in [-0.25, -0.2) is 0 Å². The maximum atomic E-state index is 10.6. The van der Waals surface area contributed by atoms with Gasteiger partial charge in [0.15, 0.2) is 0 Å². The Bertz CT molecular complexity index is 330. The quantitative estimate of drug-likeness (QED) is 0.305. The van der Waals surface area contributed by atoms with Crippen molar-refractivity contribution in [1.82, 2.24) is 5.32 Å². The van der Waals surface area contributed by atoms with Crippen molar-refractivity contribution in [2.75, 3.05) is 17.7 Å². The molecule has 15 heavy (non-hydrogen) atoms. The first kappa shape index (κ1) is 11.9. The number of benzene rings is 1. The van der Waals surface area contributed by atoms with E-state index in [1.54, 1.807) is 11.8 Å². The van der Waals surface area contributed by atoms with Gasteiger partial charge < -0.3 is 10.7 Å². The maximum absolute atomic E-state index is 10.6. The van der Waals surface area contributed by atoms with E-state index in [-0.39, 0.29) is 5.91 Å². The Kier molecular flexibility index (Phi) is 5.00. The first-order valence-corrected chi connectivity index (χ1v) is 5.65. The van der Waals surface area contributed by atoms with E-state index in [0.717, 1.165) is 16.3 Å². The van der Waals surface area contributed by atoms with Crippen LogP contribution < -0.4 is 16.6 Å². The van der Waals surface area contributed by atoms with Crippen LogP contribution in [0.1, 0.15) is 6.92 Å². The lowest BCUT2D eigenvalue weighted by Crippen LogP contribution is -2.22. The molecule has 0 fully saturated rings. The first-order valence-electron chi connectivity index (χ1n) is 4.66. The molecule has 0 heterocycles. The molecule has 1 aromatic rings. The number of nitrogens with two attached hydrogens (primary N) is 1. The van der Waals surface area contributed by atoms with Crippen molar-refractivity contribution in [2.45, 2.75) is 11.8 Å². The highest BCUT2D eigenvalue weighted by Crippen LogP contribution is 2.20. The van der Waals surface area contributed by atoms with Crippen molar-refractivity contribution in [1.29, 1.82) is 0 Å². The normalized spacial score (nSPS) is 9.73. The second kappa shape index (κ2) is 6.31. The molecule has 1 amide bonds. The zero-order chi connectivity index (χ0) is 11.1. The van der Waals surface area contributed by atoms with Gasteiger partial charge >= 0.3 is 0 Å². The standard InChI is InChI=1S/C10H15N3OS/c1-8(14)12-5-6-15-10-4-2-3-9(7-10)13-11/h2-4,7,13H,5-6,11H2,1H3,(H,12,14). The molecule has 4 nitrogen and oxygen atoms in total. The van der Waals surface area contributed by atoms with Crippen molar-refractivity contribution in [3.63, 3.8) is 0 Å². The smallest absolute Gasteiger partial charge is 0.216 e. The number of carbonyl (C=O) groups excluding carboxylic acids is 1. The second-order valence-corrected chi connectivity index (χ2v) is 4.17. The van der Waals surface area contributed by atoms with Gasteiger partial charge in [0.05, 0.1) is 0 Å². The summed E-state index contributed by atoms with van der Waals surface area (Å²) in [6.45, 7) is 2.20. The van der Waals surface area contributed by atoms with Crippen LogP contribution in [0.2, 0.25) is 0 Å². The molecule has 0 saturated heterocycles. The third-order valence-electron chi connectivity index (χ3n) is 1.75. The van der Waals surface area contributed by atoms with E-state index in [9.17, 15) is 4.79 Å². The average molecular weight is 225 g/mol. The van der Waals surface area contributed by atoms with Crippen molar-refractivity contribution in [3.8, 4) is 0 Å². The third-order valence-corrected chi connectivity index (χ3v) is 2.74. The minimum Gasteiger partial charge on any atom is -0.356 e. The van der Waals surface area contributed by atoms with E-state index in [2.05, 4.69) is 10.7 Å². The van der Waals surface area contributed by atoms with E-state index in [4.69, 9.17) is 5.84 Å². The van der Waals surface area contributed by atoms with Crippen molar-refractivity contribution >= 4 is 23.4 Å². The molecular formula is C10H15N3OS. The number of nitrogen functional groups attached to an aromatic ring is 1. The molecule has 1 rings (SSSR count). The van der Waals surface area contributed by atoms with Gasteiger partial charge in [0.25, 0.3) is 0 Å². The molecule has 0 aliphatic rings. The zero-order valence-corrected chi connectivity index (χ0v) is 9.43. The molecule has 1 aromatic carbocycles. The Morgan fingerprint density at radius 1 is 1.53 bits per heavy atom. The summed E-state index contributed by atoms with van der Waals surface area (Å²) in [7, 11) is 0. The summed E-state index contributed by atoms with van der Waals surface area (Å²) in [4.78, 5) is 11.7. The molecule has 0 radical (unpaired) electrons. The Morgan fingerprint density at radius 3 is 3.00 bits per heavy atom. The van der Waals surface area contributed by atoms with Crippen molar-refractivity contribution in [2.24, 2.45) is 5.84 Å². The molecule has 5 heteroatoms. The minimum atomic E-state index is 0.00738. The van der Waals surface area contributed by atoms with Gasteiger partial charge in [0.1, 0.15) is 0 Å². The lowest BCUT2D eigenvalue weighted by Gasteiger charge is -2.04. The molecule has 0 atom stereocenters. The van der Waals surface area contributed by atoms with Crippen molar-refractivity contribution in [3.05, 3.63) is 24.3 Å². The second-order valence-electron chi connectivity index (χ2n) is 3.00. The number of thioether (sulfide) groups is 1. The number of hydrogen-bond acceptors (Lipinski definition) is 4. The van der Waals surface area contributed by atoms with Crippen LogP contribution in [0.5, 0.6) is 0 Å². The summed E-state index contributed by atoms with van der Waals surface area (Å²) in [6, 6.07) is 7.82. The highest BCUT2D eigenvalue weighted by Gasteiger charge is 1.96. The fraction of sp³-hybridized carbons (Fsp3) is 0.300. The van der Waals surface area contributed by atoms with E-state index in [0.29, 0.717) is 6.54 Å². The van der Waals surface area contributed by atoms with Gasteiger partial charge in [-0.3, -0.25) is 10.6 Å². The lowest BCUT2D eigenvalue weighted by molar-refractivity contribution is -0.118. The Hall–Kier alpha value is -1.20. The fourth-order valence-electron chi connectivity index (χ4n) is 1.07. The third kappa shape index (κ3) is 4.71. The summed E-state index contributed by atoms with van der Waals surface area (Å²) in [5.74, 6) is 6.16. The van der Waals surface area contributed by atoms with Crippen LogP contribution in [0, 0.1) is 0 Å². The Balaban J connectivity index is 2.33. The molecule has 0 aromatic heterocycles. The molecular weight excluding hydrogens is 210 g/mol. The number of amides is 1. The van der Waals surface area contributed by atoms with Gasteiger partial charge in [-0.15, -0.1) is 11.8 Å². The predicted octanol–water partition coefficient (Wildman–Crippen LogP) is 1.20. The lowest BCUT2D eigenvalue weighted by atomic mass is 10.3. The minimum absolute atomic E-state index is 0.00738. The number of rotatable bonds is 5. The molecule has 82 valence electrons. The zero-order valence-electron chi connectivity index (χ0n) is 8.62. The summed E-state index contributed by atoms with van der Waals surface area (Å²) < 4.78 is 0. The summed E-state index contributed by atoms with van der Waals surface area (Å²) in [5, 5.41) is 2.74. The number of anilines is 1. The average Bonchev–Trinajstić information content (AvgIpc) is 2.24. The maximum Gasteiger partial charge on any atom is 0.216 e. The molecule has 0 spiro atoms. The Morgan fingerprint density at radius 2 is 2.33 bits per heavy atom. The van der Waals surface area contributed by atoms with Gasteiger partial charge in [0, 0.05) is 29.8 Å². The Labute approximate surface area is 93.6 Å². The van der Waals surface area contributed by atoms with Crippen molar-refractivity contribution < 1.29 is 4.79 Å². The number of hydrazine groups is 1. The molecule has 0 aliphatic carbocycles. The summed E-state index contributed by atoms with van der Waals surface area (Å²) >= 11 is 1.68. The highest BCUT2D eigenvalue weighted by atomic mass is 32.2. The van der Waals surface area contributed by atoms with E-state index in [1.165, 1.54) is 6.92 Å². The van der Waals surface area contributed by atoms with Gasteiger partial charge in [0.2, 0.25) is 5.91 Å². The molecule has 0 aliphatic heterocycles. The molecule has 0 bridgehead atoms. The topological polar surface area (TPSA) is 67.2 Å². The van der Waals surface area contributed by atoms with Crippen LogP contribution in [0.3, 0.4) is 0 Å². The summed E-state index contributed by atoms with van der Waals surface area (Å²) in [5.41, 5.74) is 3.48. The highest BCUT2D eigenvalue weighted by molar-refractivity contribution is 7.99. The summed E-state index contributed by atoms with van der Waals surface area (Å²) in [6.07, 6.45) is 0. The van der Waals surface area contributed by atoms with E-state index >= 15 is 0 Å². The van der Waals surface area contributed by atoms with Crippen LogP contribution >= 0.6 is 11.8 Å². The largest absolute Gasteiger partial charge is 0.356 e. The number of hydrogen-bond donors (Lipinski definition) is 3. The van der Waals surface area contributed by atoms with Crippen LogP contribution in [0.15, 0.2) is 29.2 Å². The van der Waals surface area contributed by atoms with Gasteiger partial charge in [-0.1, -0.05) is 6.07 Å². The van der Waals surface area contributed by atoms with Crippen LogP contribution in [0.4, 0.5) is 5.69 Å². The van der Waals surface area contributed by atoms with Crippen LogP contribution in [0.25, 0.3) is 0 Å². The van der Waals surface area contributed by atoms with E-state index in [1.807, 2.05) is 24.3 Å². The number of nitrogens with one attached hydrogen (secondary N) is 2. The SMILES string of the molecule is CC(=O)NCCSc1cccc(NN)c1. The molecule has 4 N–H and O–H groups in total. The van der Waals surface area contributed by atoms with Crippen LogP contribution in [-0.2, 0) is 4.79 Å². The number of carbonyl (C=O) groups is 1.